The Hall–Kier alpha value is -15.1. The molecule has 0 radical (unpaired) electrons. The third kappa shape index (κ3) is 14.8. The summed E-state index contributed by atoms with van der Waals surface area (Å²) in [6.45, 7) is 3.43. The molecule has 0 aliphatic heterocycles. The molecule has 4 aromatic carbocycles. The van der Waals surface area contributed by atoms with Gasteiger partial charge in [-0.25, -0.2) is 41.7 Å². The molecule has 0 fully saturated rings. The number of nitrogens with zero attached hydrogens (tertiary/aromatic N) is 18. The van der Waals surface area contributed by atoms with Crippen LogP contribution in [0.2, 0.25) is 0 Å². The smallest absolute Gasteiger partial charge is 0.337 e. The van der Waals surface area contributed by atoms with E-state index in [9.17, 15) is 61.0 Å². The van der Waals surface area contributed by atoms with Gasteiger partial charge in [-0.15, -0.1) is 65.7 Å². The highest BCUT2D eigenvalue weighted by atomic mass is 19.1. The molecule has 38 nitrogen and oxygen atoms in total. The molecule has 12 aromatic rings. The molecule has 8 heterocycles. The minimum atomic E-state index is -1.43. The number of halogens is 4. The standard InChI is InChI=1S/C15H9FN6O3.C14H10FN7O3.C14H10FN5O4.C13H9FN6O4/c1-2-7-3-11(8(15(24)25)4-9(7)16)20-14(23)12-5-10(17)13-18-6-19-22(13)21-12;1-2-6-3-10(7(14(24)25)4-8(6)15)17-13(23)11-5-9(16)12-18-20-21-22(12)19-11;1-24-12-5-11(8(14(22)23)4-9(12)15)17-13(21)10-3-2-7-6-16-19-20(7)18-10;1-24-10-5-9(6(13(22)23)4-7(10)14)15-12(21)8-2-3-11-16-18-19-20(11)17-8/h1,3-6H,17H2,(H,20,23)(H,24,25);2-5H,1,16H2,(H,17,23)(H,24,25);2-6H,1H3,(H,17,21)(H,22,23);2-5H,1H3,(H,15,21)(H,22,23). The molecule has 0 spiro atoms. The number of carboxylic acid groups (broad SMARTS) is 4. The number of methoxy groups -OCH3 is 2. The lowest BCUT2D eigenvalue weighted by molar-refractivity contribution is 0.0686. The lowest BCUT2D eigenvalue weighted by Gasteiger charge is -2.11. The van der Waals surface area contributed by atoms with Crippen LogP contribution in [0.4, 0.5) is 51.7 Å². The van der Waals surface area contributed by atoms with Crippen LogP contribution in [0.25, 0.3) is 28.5 Å². The Kier molecular flexibility index (Phi) is 19.7. The minimum absolute atomic E-state index is 0.0207. The van der Waals surface area contributed by atoms with E-state index < -0.39 is 93.0 Å². The number of tetrazole rings is 2. The van der Waals surface area contributed by atoms with Crippen molar-refractivity contribution in [3.63, 3.8) is 0 Å². The first-order valence-corrected chi connectivity index (χ1v) is 26.5. The molecule has 0 unspecified atom stereocenters. The summed E-state index contributed by atoms with van der Waals surface area (Å²) in [4.78, 5) is 98.1. The maximum Gasteiger partial charge on any atom is 0.337 e. The number of carbonyl (C=O) groups is 8. The molecule has 494 valence electrons. The maximum absolute atomic E-state index is 13.7. The van der Waals surface area contributed by atoms with E-state index in [2.05, 4.69) is 106 Å². The van der Waals surface area contributed by atoms with Crippen LogP contribution in [-0.4, -0.2) is 173 Å². The van der Waals surface area contributed by atoms with E-state index in [0.717, 1.165) is 67.1 Å². The molecule has 98 heavy (non-hydrogen) atoms. The van der Waals surface area contributed by atoms with Crippen molar-refractivity contribution in [2.24, 2.45) is 0 Å². The van der Waals surface area contributed by atoms with Gasteiger partial charge in [0, 0.05) is 17.7 Å². The topological polar surface area (TPSA) is 534 Å². The Labute approximate surface area is 539 Å². The number of hydrogen-bond acceptors (Lipinski definition) is 26. The van der Waals surface area contributed by atoms with E-state index in [-0.39, 0.29) is 90.8 Å². The van der Waals surface area contributed by atoms with E-state index in [1.165, 1.54) is 63.2 Å². The van der Waals surface area contributed by atoms with Gasteiger partial charge >= 0.3 is 23.9 Å². The Morgan fingerprint density at radius 1 is 0.531 bits per heavy atom. The van der Waals surface area contributed by atoms with Crippen LogP contribution in [-0.2, 0) is 0 Å². The molecular weight excluding hydrogens is 1310 g/mol. The number of aromatic nitrogens is 18. The zero-order valence-corrected chi connectivity index (χ0v) is 49.2. The fourth-order valence-electron chi connectivity index (χ4n) is 8.16. The van der Waals surface area contributed by atoms with Gasteiger partial charge in [0.2, 0.25) is 5.65 Å². The average Bonchev–Trinajstić information content (AvgIpc) is 1.08. The molecule has 8 aromatic heterocycles. The quantitative estimate of drug-likeness (QED) is 0.0519. The van der Waals surface area contributed by atoms with Crippen molar-refractivity contribution in [1.29, 1.82) is 0 Å². The molecule has 0 saturated carbocycles. The molecule has 4 amide bonds. The Morgan fingerprint density at radius 3 is 1.51 bits per heavy atom. The number of fused-ring (bicyclic) bond motifs is 4. The number of hydrogen-bond donors (Lipinski definition) is 10. The summed E-state index contributed by atoms with van der Waals surface area (Å²) < 4.78 is 68.5. The van der Waals surface area contributed by atoms with Crippen molar-refractivity contribution in [2.45, 2.75) is 0 Å². The Morgan fingerprint density at radius 2 is 0.980 bits per heavy atom. The second-order valence-corrected chi connectivity index (χ2v) is 18.9. The minimum Gasteiger partial charge on any atom is -0.494 e. The van der Waals surface area contributed by atoms with Gasteiger partial charge in [0.05, 0.1) is 82.4 Å². The molecule has 0 aliphatic rings. The predicted molar refractivity (Wildman–Crippen MR) is 324 cm³/mol. The molecule has 0 aliphatic carbocycles. The first-order chi connectivity index (χ1) is 46.8. The van der Waals surface area contributed by atoms with Gasteiger partial charge in [0.15, 0.2) is 57.2 Å². The van der Waals surface area contributed by atoms with Crippen LogP contribution < -0.4 is 42.2 Å². The summed E-state index contributed by atoms with van der Waals surface area (Å²) in [7, 11) is 2.45. The monoisotopic (exact) mass is 1350 g/mol. The van der Waals surface area contributed by atoms with Crippen LogP contribution in [0.5, 0.6) is 11.5 Å². The van der Waals surface area contributed by atoms with Gasteiger partial charge in [0.1, 0.15) is 23.5 Å². The molecule has 42 heteroatoms. The highest BCUT2D eigenvalue weighted by Gasteiger charge is 2.24. The van der Waals surface area contributed by atoms with Gasteiger partial charge in [-0.1, -0.05) is 18.6 Å². The van der Waals surface area contributed by atoms with Crippen molar-refractivity contribution in [3.8, 4) is 23.8 Å². The number of amides is 4. The SMILES string of the molecule is C#Cc1cc(NC(=O)c2cc(N)c3ncnn3n2)c(C(=O)O)cc1F.C=Cc1cc(NC(=O)c2cc(N)c3nnnn3n2)c(C(=O)O)cc1F.COc1cc(NC(=O)c2ccc3cnnn3n2)c(C(=O)O)cc1F.COc1cc(NC(=O)c2ccc3nnnn3n2)c(C(=O)O)cc1F. The zero-order chi connectivity index (χ0) is 70.8. The predicted octanol–water partition coefficient (Wildman–Crippen LogP) is 3.45. The van der Waals surface area contributed by atoms with Crippen molar-refractivity contribution < 1.29 is 85.8 Å². The summed E-state index contributed by atoms with van der Waals surface area (Å²) >= 11 is 0. The average molecular weight is 1350 g/mol. The number of nitrogen functional groups attached to an aromatic ring is 2. The number of terminal acetylenes is 1. The van der Waals surface area contributed by atoms with Gasteiger partial charge < -0.3 is 62.6 Å². The number of aromatic carboxylic acids is 4. The van der Waals surface area contributed by atoms with Crippen LogP contribution in [0, 0.1) is 35.6 Å². The first kappa shape index (κ1) is 67.3. The molecule has 0 saturated heterocycles. The largest absolute Gasteiger partial charge is 0.494 e. The Balaban J connectivity index is 0.000000153. The van der Waals surface area contributed by atoms with Crippen molar-refractivity contribution in [1.82, 2.24) is 90.4 Å². The number of carboxylic acids is 4. The fourth-order valence-corrected chi connectivity index (χ4v) is 8.16. The highest BCUT2D eigenvalue weighted by molar-refractivity contribution is 6.10. The number of benzene rings is 4. The third-order valence-corrected chi connectivity index (χ3v) is 12.8. The molecule has 0 atom stereocenters. The fraction of sp³-hybridized carbons (Fsp3) is 0.0357. The van der Waals surface area contributed by atoms with Gasteiger partial charge in [0.25, 0.3) is 23.6 Å². The molecule has 0 bridgehead atoms. The van der Waals surface area contributed by atoms with Crippen LogP contribution in [0.3, 0.4) is 0 Å². The van der Waals surface area contributed by atoms with E-state index in [4.69, 9.17) is 42.7 Å². The van der Waals surface area contributed by atoms with Crippen LogP contribution >= 0.6 is 0 Å². The van der Waals surface area contributed by atoms with Gasteiger partial charge in [-0.2, -0.15) is 0 Å². The van der Waals surface area contributed by atoms with E-state index in [1.807, 2.05) is 0 Å². The summed E-state index contributed by atoms with van der Waals surface area (Å²) in [5, 5.41) is 93.9. The number of nitrogens with two attached hydrogens (primary N) is 2. The normalized spacial score (nSPS) is 10.5. The summed E-state index contributed by atoms with van der Waals surface area (Å²) in [5.74, 6) is -10.3. The van der Waals surface area contributed by atoms with Crippen LogP contribution in [0.15, 0.2) is 104 Å². The van der Waals surface area contributed by atoms with Crippen molar-refractivity contribution >= 4 is 110 Å². The number of ether oxygens (including phenoxy) is 2. The van der Waals surface area contributed by atoms with Crippen molar-refractivity contribution in [2.75, 3.05) is 47.0 Å². The second kappa shape index (κ2) is 28.6. The lowest BCUT2D eigenvalue weighted by Crippen LogP contribution is -2.18. The highest BCUT2D eigenvalue weighted by Crippen LogP contribution is 2.30. The number of nitrogens with one attached hydrogen (secondary N) is 4. The molecule has 12 N–H and O–H groups in total. The second-order valence-electron chi connectivity index (χ2n) is 18.9. The van der Waals surface area contributed by atoms with E-state index >= 15 is 0 Å². The zero-order valence-electron chi connectivity index (χ0n) is 49.2. The molecular formula is C56H38F4N24O14. The Bertz CT molecular complexity index is 5150. The maximum atomic E-state index is 13.7. The van der Waals surface area contributed by atoms with Gasteiger partial charge in [-0.3, -0.25) is 19.2 Å². The number of rotatable bonds is 15. The lowest BCUT2D eigenvalue weighted by atomic mass is 10.1. The van der Waals surface area contributed by atoms with E-state index in [0.29, 0.717) is 11.2 Å². The van der Waals surface area contributed by atoms with Crippen molar-refractivity contribution in [3.05, 3.63) is 183 Å². The van der Waals surface area contributed by atoms with E-state index in [1.54, 1.807) is 6.07 Å². The number of carbonyl (C=O) groups excluding carboxylic acids is 4. The number of anilines is 6. The molecule has 12 rings (SSSR count). The summed E-state index contributed by atoms with van der Waals surface area (Å²) in [5.41, 5.74) is 10.3. The van der Waals surface area contributed by atoms with Crippen LogP contribution in [0.1, 0.15) is 94.5 Å². The first-order valence-electron chi connectivity index (χ1n) is 26.5. The van der Waals surface area contributed by atoms with Gasteiger partial charge in [-0.05, 0) is 98.9 Å². The summed E-state index contributed by atoms with van der Waals surface area (Å²) in [6, 6.07) is 15.7. The third-order valence-electron chi connectivity index (χ3n) is 12.8. The summed E-state index contributed by atoms with van der Waals surface area (Å²) in [6.07, 6.45) is 9.03.